The molecule has 4 atom stereocenters. The third kappa shape index (κ3) is 4.68. The highest BCUT2D eigenvalue weighted by Gasteiger charge is 2.58. The lowest BCUT2D eigenvalue weighted by atomic mass is 9.57. The number of nitrogens with two attached hydrogens (primary N) is 2. The Bertz CT molecular complexity index is 595. The van der Waals surface area contributed by atoms with Crippen LogP contribution in [0, 0.1) is 23.2 Å². The molecule has 3 fully saturated rings. The number of hydrogen-bond acceptors (Lipinski definition) is 2. The van der Waals surface area contributed by atoms with Crippen LogP contribution in [0.2, 0.25) is 0 Å². The van der Waals surface area contributed by atoms with Gasteiger partial charge in [0.1, 0.15) is 0 Å². The second kappa shape index (κ2) is 8.95. The van der Waals surface area contributed by atoms with Crippen molar-refractivity contribution in [1.29, 1.82) is 0 Å². The summed E-state index contributed by atoms with van der Waals surface area (Å²) >= 11 is 0. The molecule has 0 aromatic rings. The first-order valence-corrected chi connectivity index (χ1v) is 10.4. The molecule has 0 bridgehead atoms. The number of nitrogens with zero attached hydrogens (tertiary/aromatic N) is 1. The van der Waals surface area contributed by atoms with Crippen LogP contribution in [0.4, 0.5) is 0 Å². The Labute approximate surface area is 170 Å². The van der Waals surface area contributed by atoms with Gasteiger partial charge in [0.15, 0.2) is 6.21 Å². The van der Waals surface area contributed by atoms with Crippen molar-refractivity contribution in [3.63, 3.8) is 0 Å². The zero-order valence-electron chi connectivity index (χ0n) is 16.9. The fraction of sp³-hybridized carbons (Fsp3) is 0.810. The minimum absolute atomic E-state index is 0. The molecule has 0 aliphatic heterocycles. The van der Waals surface area contributed by atoms with E-state index < -0.39 is 5.60 Å². The van der Waals surface area contributed by atoms with E-state index in [1.807, 2.05) is 6.21 Å². The highest BCUT2D eigenvalue weighted by atomic mass is 35.5. The first kappa shape index (κ1) is 22.2. The molecule has 3 saturated carbocycles. The summed E-state index contributed by atoms with van der Waals surface area (Å²) in [5, 5.41) is 18.2. The van der Waals surface area contributed by atoms with Gasteiger partial charge in [-0.1, -0.05) is 45.1 Å². The minimum Gasteiger partial charge on any atom is -1.00 e. The molecule has 0 unspecified atom stereocenters. The Morgan fingerprint density at radius 1 is 1.07 bits per heavy atom. The summed E-state index contributed by atoms with van der Waals surface area (Å²) in [4.78, 5) is 0. The zero-order chi connectivity index (χ0) is 18.8. The summed E-state index contributed by atoms with van der Waals surface area (Å²) in [6.45, 7) is 4.37. The molecule has 3 rings (SSSR count). The maximum atomic E-state index is 11.6. The lowest BCUT2D eigenvalue weighted by Crippen LogP contribution is -3.00. The Balaban J connectivity index is 0.00000261. The smallest absolute Gasteiger partial charge is 0.256 e. The summed E-state index contributed by atoms with van der Waals surface area (Å²) in [6.07, 6.45) is 16.5. The molecule has 27 heavy (non-hydrogen) atoms. The highest BCUT2D eigenvalue weighted by molar-refractivity contribution is 5.76. The third-order valence-electron chi connectivity index (χ3n) is 7.65. The summed E-state index contributed by atoms with van der Waals surface area (Å²) < 4.78 is 0. The predicted octanol–water partition coefficient (Wildman–Crippen LogP) is -1.20. The van der Waals surface area contributed by atoms with Gasteiger partial charge >= 0.3 is 0 Å². The molecule has 0 aromatic carbocycles. The maximum absolute atomic E-state index is 11.6. The summed E-state index contributed by atoms with van der Waals surface area (Å²) in [5.41, 5.74) is 11.3. The van der Waals surface area contributed by atoms with Gasteiger partial charge in [-0.05, 0) is 56.8 Å². The van der Waals surface area contributed by atoms with Gasteiger partial charge in [0, 0.05) is 16.1 Å². The molecule has 3 aliphatic carbocycles. The molecule has 154 valence electrons. The van der Waals surface area contributed by atoms with Gasteiger partial charge in [-0.2, -0.15) is 0 Å². The SMILES string of the molecule is CC(/C=[NH+]/N=C(N)N)=C\[C@H]1CC[C@]2(O)C[C@@H](C3CCCCC3)CC[C@]12C.[Cl-]. The standard InChI is InChI=1S/C21H36N4O.ClH/c1-15(14-24-25-19(22)23)12-18-9-11-21(26)13-17(8-10-20(18,21)2)16-6-4-3-5-7-16;/h12,14,16-18,26H,3-11,13H2,1-2H3,(H4,22,23,25);1H/b15-12+,24-14+;/t17-,18+,20+,21-;/m0./s1. The van der Waals surface area contributed by atoms with E-state index in [0.717, 1.165) is 43.1 Å². The van der Waals surface area contributed by atoms with Crippen LogP contribution in [0.5, 0.6) is 0 Å². The van der Waals surface area contributed by atoms with Crippen LogP contribution in [-0.2, 0) is 0 Å². The summed E-state index contributed by atoms with van der Waals surface area (Å²) in [7, 11) is 0. The molecule has 0 saturated heterocycles. The van der Waals surface area contributed by atoms with E-state index in [0.29, 0.717) is 5.92 Å². The molecular weight excluding hydrogens is 360 g/mol. The Kier molecular flexibility index (Phi) is 7.37. The van der Waals surface area contributed by atoms with Gasteiger partial charge in [-0.15, -0.1) is 5.10 Å². The number of rotatable bonds is 4. The van der Waals surface area contributed by atoms with Crippen LogP contribution >= 0.6 is 0 Å². The predicted molar refractivity (Wildman–Crippen MR) is 106 cm³/mol. The van der Waals surface area contributed by atoms with Crippen molar-refractivity contribution in [2.45, 2.75) is 83.7 Å². The third-order valence-corrected chi connectivity index (χ3v) is 7.65. The number of allylic oxidation sites excluding steroid dienone is 2. The summed E-state index contributed by atoms with van der Waals surface area (Å²) in [6, 6.07) is 0. The van der Waals surface area contributed by atoms with E-state index in [4.69, 9.17) is 11.5 Å². The van der Waals surface area contributed by atoms with E-state index in [1.165, 1.54) is 38.5 Å². The van der Waals surface area contributed by atoms with Crippen molar-refractivity contribution in [2.75, 3.05) is 0 Å². The van der Waals surface area contributed by atoms with E-state index in [2.05, 4.69) is 30.1 Å². The molecule has 0 radical (unpaired) electrons. The van der Waals surface area contributed by atoms with Gasteiger partial charge in [0.2, 0.25) is 0 Å². The Morgan fingerprint density at radius 2 is 1.78 bits per heavy atom. The van der Waals surface area contributed by atoms with Crippen molar-refractivity contribution in [3.8, 4) is 0 Å². The molecule has 0 amide bonds. The number of fused-ring (bicyclic) bond motifs is 1. The lowest BCUT2D eigenvalue weighted by molar-refractivity contribution is -0.456. The highest BCUT2D eigenvalue weighted by Crippen LogP contribution is 2.61. The lowest BCUT2D eigenvalue weighted by Gasteiger charge is -2.51. The molecule has 6 heteroatoms. The number of hydrazone groups is 1. The van der Waals surface area contributed by atoms with Crippen LogP contribution in [0.1, 0.15) is 78.1 Å². The van der Waals surface area contributed by atoms with Crippen LogP contribution in [0.25, 0.3) is 0 Å². The summed E-state index contributed by atoms with van der Waals surface area (Å²) in [5.74, 6) is 2.02. The quantitative estimate of drug-likeness (QED) is 0.273. The molecule has 5 nitrogen and oxygen atoms in total. The molecular formula is C21H37ClN4O. The van der Waals surface area contributed by atoms with Gasteiger partial charge in [-0.3, -0.25) is 0 Å². The first-order valence-electron chi connectivity index (χ1n) is 10.4. The Hall–Kier alpha value is -1.07. The van der Waals surface area contributed by atoms with E-state index >= 15 is 0 Å². The average molecular weight is 397 g/mol. The number of nitrogens with one attached hydrogen (secondary N) is 1. The van der Waals surface area contributed by atoms with Gasteiger partial charge in [0.25, 0.3) is 5.96 Å². The van der Waals surface area contributed by atoms with Crippen molar-refractivity contribution < 1.29 is 22.6 Å². The number of aliphatic hydroxyl groups is 1. The number of hydrogen-bond donors (Lipinski definition) is 4. The van der Waals surface area contributed by atoms with Gasteiger partial charge < -0.3 is 29.0 Å². The van der Waals surface area contributed by atoms with Gasteiger partial charge in [-0.25, -0.2) is 0 Å². The Morgan fingerprint density at radius 3 is 2.44 bits per heavy atom. The largest absolute Gasteiger partial charge is 1.00 e. The van der Waals surface area contributed by atoms with Crippen LogP contribution < -0.4 is 29.0 Å². The van der Waals surface area contributed by atoms with Crippen molar-refractivity contribution in [1.82, 2.24) is 0 Å². The van der Waals surface area contributed by atoms with Crippen LogP contribution in [0.15, 0.2) is 16.8 Å². The van der Waals surface area contributed by atoms with Gasteiger partial charge in [0.05, 0.1) is 5.60 Å². The second-order valence-corrected chi connectivity index (χ2v) is 9.22. The van der Waals surface area contributed by atoms with E-state index in [9.17, 15) is 5.11 Å². The molecule has 0 spiro atoms. The van der Waals surface area contributed by atoms with Crippen molar-refractivity contribution in [2.24, 2.45) is 39.7 Å². The zero-order valence-corrected chi connectivity index (χ0v) is 17.6. The van der Waals surface area contributed by atoms with Crippen LogP contribution in [-0.4, -0.2) is 22.9 Å². The van der Waals surface area contributed by atoms with Crippen molar-refractivity contribution in [3.05, 3.63) is 11.6 Å². The normalized spacial score (nSPS) is 37.7. The average Bonchev–Trinajstić information content (AvgIpc) is 2.86. The first-order chi connectivity index (χ1) is 12.3. The number of guanidine groups is 1. The van der Waals surface area contributed by atoms with E-state index in [-0.39, 0.29) is 23.8 Å². The second-order valence-electron chi connectivity index (χ2n) is 9.22. The van der Waals surface area contributed by atoms with Crippen LogP contribution in [0.3, 0.4) is 0 Å². The maximum Gasteiger partial charge on any atom is 0.256 e. The number of halogens is 1. The fourth-order valence-corrected chi connectivity index (χ4v) is 5.97. The fourth-order valence-electron chi connectivity index (χ4n) is 5.97. The monoisotopic (exact) mass is 396 g/mol. The van der Waals surface area contributed by atoms with Crippen molar-refractivity contribution >= 4 is 12.2 Å². The molecule has 3 aliphatic rings. The molecule has 0 heterocycles. The topological polar surface area (TPSA) is 98.6 Å². The van der Waals surface area contributed by atoms with E-state index in [1.54, 1.807) is 0 Å². The molecule has 6 N–H and O–H groups in total. The molecule has 0 aromatic heterocycles. The minimum atomic E-state index is -0.498.